The van der Waals surface area contributed by atoms with Gasteiger partial charge in [0.25, 0.3) is 5.91 Å². The Morgan fingerprint density at radius 2 is 2.00 bits per heavy atom. The van der Waals surface area contributed by atoms with Crippen molar-refractivity contribution < 1.29 is 13.6 Å². The lowest BCUT2D eigenvalue weighted by Gasteiger charge is -2.19. The third kappa shape index (κ3) is 3.75. The van der Waals surface area contributed by atoms with E-state index in [-0.39, 0.29) is 17.6 Å². The SMILES string of the molecule is Cc1occc1C(=O)Nc1ccc(F)cc1C(C)CC(C)C. The van der Waals surface area contributed by atoms with Crippen LogP contribution in [0.15, 0.2) is 34.9 Å². The van der Waals surface area contributed by atoms with Crippen molar-refractivity contribution >= 4 is 11.6 Å². The average molecular weight is 303 g/mol. The van der Waals surface area contributed by atoms with Gasteiger partial charge in [-0.2, -0.15) is 0 Å². The Kier molecular flexibility index (Phi) is 5.01. The molecule has 0 saturated heterocycles. The number of hydrogen-bond acceptors (Lipinski definition) is 2. The summed E-state index contributed by atoms with van der Waals surface area (Å²) in [5.74, 6) is 0.699. The fourth-order valence-corrected chi connectivity index (χ4v) is 2.70. The smallest absolute Gasteiger partial charge is 0.259 e. The number of amides is 1. The first-order valence-electron chi connectivity index (χ1n) is 7.53. The second-order valence-corrected chi connectivity index (χ2v) is 6.11. The van der Waals surface area contributed by atoms with E-state index in [1.165, 1.54) is 18.4 Å². The van der Waals surface area contributed by atoms with Gasteiger partial charge in [-0.3, -0.25) is 4.79 Å². The fourth-order valence-electron chi connectivity index (χ4n) is 2.70. The molecule has 1 aromatic heterocycles. The molecule has 1 N–H and O–H groups in total. The van der Waals surface area contributed by atoms with Crippen molar-refractivity contribution in [1.29, 1.82) is 0 Å². The predicted octanol–water partition coefficient (Wildman–Crippen LogP) is 5.13. The Bertz CT molecular complexity index is 661. The molecule has 0 fully saturated rings. The van der Waals surface area contributed by atoms with Gasteiger partial charge in [-0.1, -0.05) is 20.8 Å². The van der Waals surface area contributed by atoms with E-state index in [0.717, 1.165) is 12.0 Å². The van der Waals surface area contributed by atoms with E-state index >= 15 is 0 Å². The molecule has 0 spiro atoms. The molecule has 0 aliphatic carbocycles. The topological polar surface area (TPSA) is 42.2 Å². The zero-order valence-electron chi connectivity index (χ0n) is 13.4. The number of carbonyl (C=O) groups excluding carboxylic acids is 1. The molecule has 22 heavy (non-hydrogen) atoms. The number of halogens is 1. The Balaban J connectivity index is 2.27. The molecule has 0 aliphatic heterocycles. The standard InChI is InChI=1S/C18H22FNO2/c1-11(2)9-12(3)16-10-14(19)5-6-17(16)20-18(21)15-7-8-22-13(15)4/h5-8,10-12H,9H2,1-4H3,(H,20,21). The van der Waals surface area contributed by atoms with E-state index in [0.29, 0.717) is 22.9 Å². The van der Waals surface area contributed by atoms with Crippen LogP contribution in [0.4, 0.5) is 10.1 Å². The van der Waals surface area contributed by atoms with Gasteiger partial charge in [0.2, 0.25) is 0 Å². The van der Waals surface area contributed by atoms with Gasteiger partial charge < -0.3 is 9.73 Å². The van der Waals surface area contributed by atoms with Gasteiger partial charge in [0, 0.05) is 5.69 Å². The minimum absolute atomic E-state index is 0.163. The number of carbonyl (C=O) groups is 1. The molecular formula is C18H22FNO2. The van der Waals surface area contributed by atoms with Crippen molar-refractivity contribution in [1.82, 2.24) is 0 Å². The largest absolute Gasteiger partial charge is 0.469 e. The van der Waals surface area contributed by atoms with Crippen LogP contribution in [0.1, 0.15) is 54.8 Å². The Labute approximate surface area is 130 Å². The first-order valence-corrected chi connectivity index (χ1v) is 7.53. The van der Waals surface area contributed by atoms with Gasteiger partial charge >= 0.3 is 0 Å². The molecule has 0 bridgehead atoms. The van der Waals surface area contributed by atoms with Crippen LogP contribution in [0, 0.1) is 18.7 Å². The number of aryl methyl sites for hydroxylation is 1. The molecule has 0 aliphatic rings. The number of rotatable bonds is 5. The van der Waals surface area contributed by atoms with Gasteiger partial charge in [0.05, 0.1) is 11.8 Å². The molecule has 0 saturated carbocycles. The molecule has 3 nitrogen and oxygen atoms in total. The third-order valence-electron chi connectivity index (χ3n) is 3.72. The van der Waals surface area contributed by atoms with Crippen LogP contribution in [0.5, 0.6) is 0 Å². The summed E-state index contributed by atoms with van der Waals surface area (Å²) >= 11 is 0. The first-order chi connectivity index (χ1) is 10.4. The van der Waals surface area contributed by atoms with E-state index in [4.69, 9.17) is 4.42 Å². The molecule has 1 amide bonds. The fraction of sp³-hybridized carbons (Fsp3) is 0.389. The highest BCUT2D eigenvalue weighted by Crippen LogP contribution is 2.30. The summed E-state index contributed by atoms with van der Waals surface area (Å²) < 4.78 is 18.7. The van der Waals surface area contributed by atoms with Gasteiger partial charge in [-0.25, -0.2) is 4.39 Å². The average Bonchev–Trinajstić information content (AvgIpc) is 2.86. The first kappa shape index (κ1) is 16.3. The second-order valence-electron chi connectivity index (χ2n) is 6.11. The summed E-state index contributed by atoms with van der Waals surface area (Å²) in [5.41, 5.74) is 1.97. The summed E-state index contributed by atoms with van der Waals surface area (Å²) in [6.45, 7) is 8.04. The lowest BCUT2D eigenvalue weighted by Crippen LogP contribution is -2.14. The van der Waals surface area contributed by atoms with Crippen LogP contribution >= 0.6 is 0 Å². The number of hydrogen-bond donors (Lipinski definition) is 1. The molecule has 1 heterocycles. The molecule has 4 heteroatoms. The number of furan rings is 1. The molecule has 0 radical (unpaired) electrons. The lowest BCUT2D eigenvalue weighted by molar-refractivity contribution is 0.102. The molecule has 1 atom stereocenters. The Morgan fingerprint density at radius 1 is 1.27 bits per heavy atom. The quantitative estimate of drug-likeness (QED) is 0.832. The molecule has 118 valence electrons. The van der Waals surface area contributed by atoms with E-state index in [2.05, 4.69) is 19.2 Å². The van der Waals surface area contributed by atoms with E-state index in [1.54, 1.807) is 19.1 Å². The number of benzene rings is 1. The second kappa shape index (κ2) is 6.77. The zero-order chi connectivity index (χ0) is 16.3. The summed E-state index contributed by atoms with van der Waals surface area (Å²) in [5, 5.41) is 2.87. The lowest BCUT2D eigenvalue weighted by atomic mass is 9.90. The zero-order valence-corrected chi connectivity index (χ0v) is 13.4. The Morgan fingerprint density at radius 3 is 2.59 bits per heavy atom. The molecule has 2 aromatic rings. The van der Waals surface area contributed by atoms with E-state index in [9.17, 15) is 9.18 Å². The van der Waals surface area contributed by atoms with Gasteiger partial charge in [-0.15, -0.1) is 0 Å². The van der Waals surface area contributed by atoms with Crippen molar-refractivity contribution in [3.63, 3.8) is 0 Å². The highest BCUT2D eigenvalue weighted by Gasteiger charge is 2.17. The van der Waals surface area contributed by atoms with Crippen molar-refractivity contribution in [3.8, 4) is 0 Å². The highest BCUT2D eigenvalue weighted by atomic mass is 19.1. The van der Waals surface area contributed by atoms with Crippen molar-refractivity contribution in [3.05, 3.63) is 53.2 Å². The van der Waals surface area contributed by atoms with Gasteiger partial charge in [0.1, 0.15) is 11.6 Å². The maximum absolute atomic E-state index is 13.6. The minimum atomic E-state index is -0.289. The highest BCUT2D eigenvalue weighted by molar-refractivity contribution is 6.05. The normalized spacial score (nSPS) is 12.5. The number of nitrogens with one attached hydrogen (secondary N) is 1. The van der Waals surface area contributed by atoms with Crippen LogP contribution in [0.3, 0.4) is 0 Å². The molecule has 1 unspecified atom stereocenters. The third-order valence-corrected chi connectivity index (χ3v) is 3.72. The maximum Gasteiger partial charge on any atom is 0.259 e. The van der Waals surface area contributed by atoms with Crippen molar-refractivity contribution in [2.45, 2.75) is 40.0 Å². The van der Waals surface area contributed by atoms with Crippen LogP contribution < -0.4 is 5.32 Å². The van der Waals surface area contributed by atoms with Gasteiger partial charge in [0.15, 0.2) is 0 Å². The van der Waals surface area contributed by atoms with Crippen LogP contribution in [-0.2, 0) is 0 Å². The van der Waals surface area contributed by atoms with Gasteiger partial charge in [-0.05, 0) is 55.0 Å². The van der Waals surface area contributed by atoms with E-state index in [1.807, 2.05) is 6.92 Å². The van der Waals surface area contributed by atoms with Crippen LogP contribution in [0.2, 0.25) is 0 Å². The summed E-state index contributed by atoms with van der Waals surface area (Å²) in [6.07, 6.45) is 2.41. The minimum Gasteiger partial charge on any atom is -0.469 e. The predicted molar refractivity (Wildman–Crippen MR) is 85.7 cm³/mol. The maximum atomic E-state index is 13.6. The molecule has 2 rings (SSSR count). The Hall–Kier alpha value is -2.10. The molecule has 1 aromatic carbocycles. The van der Waals surface area contributed by atoms with Crippen LogP contribution in [-0.4, -0.2) is 5.91 Å². The van der Waals surface area contributed by atoms with Crippen LogP contribution in [0.25, 0.3) is 0 Å². The molecular weight excluding hydrogens is 281 g/mol. The summed E-state index contributed by atoms with van der Waals surface area (Å²) in [6, 6.07) is 6.12. The summed E-state index contributed by atoms with van der Waals surface area (Å²) in [7, 11) is 0. The van der Waals surface area contributed by atoms with E-state index < -0.39 is 0 Å². The summed E-state index contributed by atoms with van der Waals surface area (Å²) in [4.78, 5) is 12.3. The van der Waals surface area contributed by atoms with Crippen molar-refractivity contribution in [2.75, 3.05) is 5.32 Å². The van der Waals surface area contributed by atoms with Crippen molar-refractivity contribution in [2.24, 2.45) is 5.92 Å². The number of anilines is 1. The monoisotopic (exact) mass is 303 g/mol.